The minimum atomic E-state index is 0.685. The molecule has 1 aromatic rings. The van der Waals surface area contributed by atoms with E-state index in [4.69, 9.17) is 4.74 Å². The van der Waals surface area contributed by atoms with Crippen LogP contribution in [0.5, 0.6) is 0 Å². The molecule has 0 unspecified atom stereocenters. The molecule has 0 saturated carbocycles. The fraction of sp³-hybridized carbons (Fsp3) is 0.400. The molecule has 0 spiro atoms. The highest BCUT2D eigenvalue weighted by Gasteiger charge is 2.12. The van der Waals surface area contributed by atoms with Gasteiger partial charge >= 0.3 is 0 Å². The standard InChI is InChI=1S/C10H11BrN2O/c1-7-9(11)10(13-6-12-7)8-2-4-14-5-3-8/h2,6H,3-5H2,1H3. The van der Waals surface area contributed by atoms with Crippen molar-refractivity contribution in [3.63, 3.8) is 0 Å². The molecule has 2 rings (SSSR count). The van der Waals surface area contributed by atoms with Crippen LogP contribution < -0.4 is 0 Å². The zero-order chi connectivity index (χ0) is 9.97. The van der Waals surface area contributed by atoms with Crippen molar-refractivity contribution in [3.05, 3.63) is 28.3 Å². The van der Waals surface area contributed by atoms with Gasteiger partial charge in [-0.25, -0.2) is 9.97 Å². The summed E-state index contributed by atoms with van der Waals surface area (Å²) in [5, 5.41) is 0. The molecule has 0 aliphatic carbocycles. The first-order valence-corrected chi connectivity index (χ1v) is 5.32. The molecule has 3 nitrogen and oxygen atoms in total. The second-order valence-corrected chi connectivity index (χ2v) is 3.97. The molecular weight excluding hydrogens is 244 g/mol. The fourth-order valence-electron chi connectivity index (χ4n) is 1.42. The fourth-order valence-corrected chi connectivity index (χ4v) is 1.88. The van der Waals surface area contributed by atoms with Crippen molar-refractivity contribution in [2.75, 3.05) is 13.2 Å². The third-order valence-electron chi connectivity index (χ3n) is 2.23. The zero-order valence-corrected chi connectivity index (χ0v) is 9.54. The van der Waals surface area contributed by atoms with Crippen LogP contribution in [-0.2, 0) is 4.74 Å². The second-order valence-electron chi connectivity index (χ2n) is 3.18. The molecule has 0 aromatic carbocycles. The minimum absolute atomic E-state index is 0.685. The number of aryl methyl sites for hydroxylation is 1. The number of nitrogens with zero attached hydrogens (tertiary/aromatic N) is 2. The summed E-state index contributed by atoms with van der Waals surface area (Å²) in [7, 11) is 0. The lowest BCUT2D eigenvalue weighted by Crippen LogP contribution is -2.06. The smallest absolute Gasteiger partial charge is 0.116 e. The van der Waals surface area contributed by atoms with E-state index in [9.17, 15) is 0 Å². The van der Waals surface area contributed by atoms with Gasteiger partial charge in [0.15, 0.2) is 0 Å². The van der Waals surface area contributed by atoms with Crippen molar-refractivity contribution in [2.45, 2.75) is 13.3 Å². The Balaban J connectivity index is 2.40. The van der Waals surface area contributed by atoms with E-state index in [0.29, 0.717) is 6.61 Å². The summed E-state index contributed by atoms with van der Waals surface area (Å²) in [6.45, 7) is 3.43. The summed E-state index contributed by atoms with van der Waals surface area (Å²) in [5.41, 5.74) is 3.22. The molecule has 1 aliphatic heterocycles. The van der Waals surface area contributed by atoms with Crippen LogP contribution in [0.15, 0.2) is 16.9 Å². The van der Waals surface area contributed by atoms with Gasteiger partial charge in [-0.3, -0.25) is 0 Å². The lowest BCUT2D eigenvalue weighted by Gasteiger charge is -2.14. The first-order valence-electron chi connectivity index (χ1n) is 4.53. The van der Waals surface area contributed by atoms with Gasteiger partial charge in [-0.05, 0) is 34.8 Å². The van der Waals surface area contributed by atoms with Crippen LogP contribution in [0.3, 0.4) is 0 Å². The Hall–Kier alpha value is -0.740. The molecule has 1 aromatic heterocycles. The highest BCUT2D eigenvalue weighted by molar-refractivity contribution is 9.10. The van der Waals surface area contributed by atoms with Gasteiger partial charge in [0.1, 0.15) is 6.33 Å². The van der Waals surface area contributed by atoms with E-state index in [1.165, 1.54) is 5.57 Å². The van der Waals surface area contributed by atoms with Crippen molar-refractivity contribution in [3.8, 4) is 0 Å². The summed E-state index contributed by atoms with van der Waals surface area (Å²) in [6, 6.07) is 0. The summed E-state index contributed by atoms with van der Waals surface area (Å²) in [6.07, 6.45) is 4.61. The molecule has 0 saturated heterocycles. The van der Waals surface area contributed by atoms with Gasteiger partial charge in [0.25, 0.3) is 0 Å². The number of ether oxygens (including phenoxy) is 1. The lowest BCUT2D eigenvalue weighted by molar-refractivity contribution is 0.161. The van der Waals surface area contributed by atoms with Crippen molar-refractivity contribution in [1.82, 2.24) is 9.97 Å². The molecule has 2 heterocycles. The number of aromatic nitrogens is 2. The molecule has 0 atom stereocenters. The second kappa shape index (κ2) is 4.19. The Labute approximate surface area is 91.3 Å². The summed E-state index contributed by atoms with van der Waals surface area (Å²) >= 11 is 3.51. The van der Waals surface area contributed by atoms with Crippen LogP contribution in [0.2, 0.25) is 0 Å². The molecule has 74 valence electrons. The van der Waals surface area contributed by atoms with Crippen LogP contribution in [0.4, 0.5) is 0 Å². The molecule has 0 bridgehead atoms. The Morgan fingerprint density at radius 2 is 2.29 bits per heavy atom. The number of halogens is 1. The van der Waals surface area contributed by atoms with Crippen molar-refractivity contribution >= 4 is 21.5 Å². The lowest BCUT2D eigenvalue weighted by atomic mass is 10.1. The Kier molecular flexibility index (Phi) is 2.93. The molecule has 14 heavy (non-hydrogen) atoms. The van der Waals surface area contributed by atoms with Crippen LogP contribution in [0.1, 0.15) is 17.8 Å². The Bertz CT molecular complexity index is 376. The van der Waals surface area contributed by atoms with Gasteiger partial charge in [0, 0.05) is 0 Å². The topological polar surface area (TPSA) is 35.0 Å². The maximum absolute atomic E-state index is 5.26. The Morgan fingerprint density at radius 1 is 1.43 bits per heavy atom. The predicted molar refractivity (Wildman–Crippen MR) is 57.9 cm³/mol. The van der Waals surface area contributed by atoms with Gasteiger partial charge in [-0.1, -0.05) is 6.08 Å². The quantitative estimate of drug-likeness (QED) is 0.772. The molecule has 0 amide bonds. The average Bonchev–Trinajstić information content (AvgIpc) is 2.23. The third-order valence-corrected chi connectivity index (χ3v) is 3.18. The van der Waals surface area contributed by atoms with E-state index in [2.05, 4.69) is 32.0 Å². The van der Waals surface area contributed by atoms with Crippen molar-refractivity contribution in [1.29, 1.82) is 0 Å². The third kappa shape index (κ3) is 1.86. The molecule has 1 aliphatic rings. The van der Waals surface area contributed by atoms with Gasteiger partial charge in [-0.2, -0.15) is 0 Å². The highest BCUT2D eigenvalue weighted by atomic mass is 79.9. The van der Waals surface area contributed by atoms with E-state index in [1.807, 2.05) is 6.92 Å². The van der Waals surface area contributed by atoms with E-state index >= 15 is 0 Å². The van der Waals surface area contributed by atoms with Crippen LogP contribution in [0.25, 0.3) is 5.57 Å². The molecule has 4 heteroatoms. The molecular formula is C10H11BrN2O. The number of hydrogen-bond acceptors (Lipinski definition) is 3. The maximum atomic E-state index is 5.26. The average molecular weight is 255 g/mol. The van der Waals surface area contributed by atoms with E-state index in [1.54, 1.807) is 6.33 Å². The van der Waals surface area contributed by atoms with E-state index in [0.717, 1.165) is 28.9 Å². The van der Waals surface area contributed by atoms with E-state index < -0.39 is 0 Å². The maximum Gasteiger partial charge on any atom is 0.116 e. The summed E-state index contributed by atoms with van der Waals surface area (Å²) < 4.78 is 6.25. The van der Waals surface area contributed by atoms with Gasteiger partial charge in [0.2, 0.25) is 0 Å². The summed E-state index contributed by atoms with van der Waals surface area (Å²) in [4.78, 5) is 8.40. The normalized spacial score (nSPS) is 16.6. The number of rotatable bonds is 1. The van der Waals surface area contributed by atoms with Crippen molar-refractivity contribution < 1.29 is 4.74 Å². The van der Waals surface area contributed by atoms with Gasteiger partial charge < -0.3 is 4.74 Å². The largest absolute Gasteiger partial charge is 0.377 e. The van der Waals surface area contributed by atoms with Crippen molar-refractivity contribution in [2.24, 2.45) is 0 Å². The van der Waals surface area contributed by atoms with Gasteiger partial charge in [-0.15, -0.1) is 0 Å². The number of hydrogen-bond donors (Lipinski definition) is 0. The highest BCUT2D eigenvalue weighted by Crippen LogP contribution is 2.27. The predicted octanol–water partition coefficient (Wildman–Crippen LogP) is 2.35. The van der Waals surface area contributed by atoms with E-state index in [-0.39, 0.29) is 0 Å². The zero-order valence-electron chi connectivity index (χ0n) is 7.96. The Morgan fingerprint density at radius 3 is 3.00 bits per heavy atom. The first kappa shape index (κ1) is 9.80. The SMILES string of the molecule is Cc1ncnc(C2=CCOCC2)c1Br. The van der Waals surface area contributed by atoms with Gasteiger partial charge in [0.05, 0.1) is 29.1 Å². The van der Waals surface area contributed by atoms with Crippen LogP contribution >= 0.6 is 15.9 Å². The van der Waals surface area contributed by atoms with Crippen LogP contribution in [0, 0.1) is 6.92 Å². The molecule has 0 N–H and O–H groups in total. The van der Waals surface area contributed by atoms with Crippen LogP contribution in [-0.4, -0.2) is 23.2 Å². The molecule has 0 radical (unpaired) electrons. The monoisotopic (exact) mass is 254 g/mol. The first-order chi connectivity index (χ1) is 6.79. The summed E-state index contributed by atoms with van der Waals surface area (Å²) in [5.74, 6) is 0. The minimum Gasteiger partial charge on any atom is -0.377 e. The molecule has 0 fully saturated rings.